The fourth-order valence-electron chi connectivity index (χ4n) is 4.83. The Morgan fingerprint density at radius 3 is 1.42 bits per heavy atom. The van der Waals surface area contributed by atoms with E-state index in [0.29, 0.717) is 65.9 Å². The quantitative estimate of drug-likeness (QED) is 0.320. The number of hydrogen-bond donors (Lipinski definition) is 0. The predicted octanol–water partition coefficient (Wildman–Crippen LogP) is 5.63. The Kier molecular flexibility index (Phi) is 8.83. The highest BCUT2D eigenvalue weighted by atomic mass is 16.6. The van der Waals surface area contributed by atoms with Crippen LogP contribution in [-0.2, 0) is 27.4 Å². The fraction of sp³-hybridized carbons (Fsp3) is 0.379. The molecular formula is C29H33NO8. The van der Waals surface area contributed by atoms with Gasteiger partial charge in [0.2, 0.25) is 0 Å². The molecule has 0 amide bonds. The maximum absolute atomic E-state index is 12.1. The molecule has 1 heterocycles. The van der Waals surface area contributed by atoms with Crippen LogP contribution in [0, 0.1) is 24.0 Å². The zero-order chi connectivity index (χ0) is 27.2. The molecule has 6 bridgehead atoms. The van der Waals surface area contributed by atoms with Crippen LogP contribution in [0.1, 0.15) is 22.3 Å². The lowest BCUT2D eigenvalue weighted by Gasteiger charge is -2.21. The minimum Gasteiger partial charge on any atom is -0.496 e. The van der Waals surface area contributed by atoms with Crippen LogP contribution in [0.5, 0.6) is 17.2 Å². The number of methoxy groups -OCH3 is 3. The van der Waals surface area contributed by atoms with Crippen molar-refractivity contribution in [3.8, 4) is 39.5 Å². The van der Waals surface area contributed by atoms with E-state index < -0.39 is 4.92 Å². The molecule has 0 spiro atoms. The van der Waals surface area contributed by atoms with Crippen LogP contribution >= 0.6 is 0 Å². The molecule has 3 aromatic carbocycles. The Balaban J connectivity index is 2.07. The third kappa shape index (κ3) is 5.75. The molecule has 0 atom stereocenters. The van der Waals surface area contributed by atoms with Gasteiger partial charge < -0.3 is 28.4 Å². The van der Waals surface area contributed by atoms with Gasteiger partial charge in [-0.05, 0) is 37.1 Å². The normalized spacial score (nSPS) is 14.2. The van der Waals surface area contributed by atoms with Crippen LogP contribution in [0.25, 0.3) is 22.3 Å². The topological polar surface area (TPSA) is 98.5 Å². The Morgan fingerprint density at radius 1 is 0.632 bits per heavy atom. The second kappa shape index (κ2) is 12.3. The Labute approximate surface area is 222 Å². The number of hydrogen-bond acceptors (Lipinski definition) is 8. The molecule has 38 heavy (non-hydrogen) atoms. The molecule has 0 unspecified atom stereocenters. The van der Waals surface area contributed by atoms with Crippen molar-refractivity contribution in [2.45, 2.75) is 27.1 Å². The van der Waals surface area contributed by atoms with Crippen molar-refractivity contribution in [1.82, 2.24) is 0 Å². The number of fused-ring (bicyclic) bond motifs is 8. The Morgan fingerprint density at radius 2 is 1.03 bits per heavy atom. The lowest BCUT2D eigenvalue weighted by molar-refractivity contribution is -0.384. The van der Waals surface area contributed by atoms with Crippen LogP contribution in [0.2, 0.25) is 0 Å². The second-order valence-electron chi connectivity index (χ2n) is 9.06. The minimum atomic E-state index is -0.406. The van der Waals surface area contributed by atoms with Gasteiger partial charge in [0.15, 0.2) is 0 Å². The molecule has 1 aliphatic heterocycles. The van der Waals surface area contributed by atoms with Gasteiger partial charge in [0, 0.05) is 45.5 Å². The average Bonchev–Trinajstić information content (AvgIpc) is 2.90. The van der Waals surface area contributed by atoms with E-state index in [4.69, 9.17) is 28.4 Å². The van der Waals surface area contributed by atoms with Crippen molar-refractivity contribution >= 4 is 5.69 Å². The van der Waals surface area contributed by atoms with Gasteiger partial charge in [-0.1, -0.05) is 12.1 Å². The molecule has 1 aliphatic rings. The van der Waals surface area contributed by atoms with Crippen molar-refractivity contribution in [2.75, 3.05) is 47.8 Å². The van der Waals surface area contributed by atoms with Gasteiger partial charge in [0.05, 0.1) is 65.9 Å². The monoisotopic (exact) mass is 523 g/mol. The highest BCUT2D eigenvalue weighted by molar-refractivity contribution is 5.90. The summed E-state index contributed by atoms with van der Waals surface area (Å²) in [6.07, 6.45) is 0. The van der Waals surface area contributed by atoms with Crippen molar-refractivity contribution < 1.29 is 33.3 Å². The molecule has 202 valence electrons. The molecular weight excluding hydrogens is 490 g/mol. The van der Waals surface area contributed by atoms with Gasteiger partial charge in [-0.15, -0.1) is 0 Å². The van der Waals surface area contributed by atoms with Crippen LogP contribution < -0.4 is 14.2 Å². The van der Waals surface area contributed by atoms with E-state index in [1.54, 1.807) is 21.3 Å². The molecule has 3 aromatic rings. The molecule has 0 saturated heterocycles. The number of aryl methyl sites for hydroxylation is 2. The van der Waals surface area contributed by atoms with Gasteiger partial charge in [-0.25, -0.2) is 0 Å². The number of nitro groups is 1. The first-order valence-corrected chi connectivity index (χ1v) is 12.3. The zero-order valence-corrected chi connectivity index (χ0v) is 22.4. The summed E-state index contributed by atoms with van der Waals surface area (Å²) in [5.41, 5.74) is 5.86. The molecule has 0 radical (unpaired) electrons. The van der Waals surface area contributed by atoms with Gasteiger partial charge in [0.1, 0.15) is 17.2 Å². The number of ether oxygens (including phenoxy) is 6. The fourth-order valence-corrected chi connectivity index (χ4v) is 4.83. The number of nitrogens with zero attached hydrogens (tertiary/aromatic N) is 1. The third-order valence-electron chi connectivity index (χ3n) is 6.36. The molecule has 0 aliphatic carbocycles. The van der Waals surface area contributed by atoms with E-state index in [1.165, 1.54) is 12.1 Å². The van der Waals surface area contributed by atoms with Gasteiger partial charge >= 0.3 is 0 Å². The van der Waals surface area contributed by atoms with E-state index in [1.807, 2.05) is 38.1 Å². The standard InChI is InChI=1S/C29H33NO8/c1-18-10-20-16-37-8-6-36-7-9-38-17-21-11-19(2)13-24(28(21)34-4)26-15-22(30(31)32)14-25(29(26)35-5)23(12-18)27(20)33-3/h10-15H,6-9,16-17H2,1-5H3. The van der Waals surface area contributed by atoms with Crippen molar-refractivity contribution in [1.29, 1.82) is 0 Å². The smallest absolute Gasteiger partial charge is 0.270 e. The van der Waals surface area contributed by atoms with E-state index in [9.17, 15) is 10.1 Å². The summed E-state index contributed by atoms with van der Waals surface area (Å²) < 4.78 is 35.0. The first-order valence-electron chi connectivity index (χ1n) is 12.3. The van der Waals surface area contributed by atoms with E-state index in [0.717, 1.165) is 22.3 Å². The summed E-state index contributed by atoms with van der Waals surface area (Å²) in [5, 5.41) is 12.1. The summed E-state index contributed by atoms with van der Waals surface area (Å²) in [7, 11) is 4.71. The molecule has 0 saturated carbocycles. The van der Waals surface area contributed by atoms with Crippen LogP contribution in [0.15, 0.2) is 36.4 Å². The molecule has 9 nitrogen and oxygen atoms in total. The first-order chi connectivity index (χ1) is 18.4. The van der Waals surface area contributed by atoms with E-state index >= 15 is 0 Å². The van der Waals surface area contributed by atoms with Crippen LogP contribution in [0.4, 0.5) is 5.69 Å². The zero-order valence-electron chi connectivity index (χ0n) is 22.4. The molecule has 0 fully saturated rings. The number of benzene rings is 3. The van der Waals surface area contributed by atoms with Gasteiger partial charge in [-0.3, -0.25) is 10.1 Å². The highest BCUT2D eigenvalue weighted by Gasteiger charge is 2.26. The van der Waals surface area contributed by atoms with Crippen molar-refractivity contribution in [3.05, 3.63) is 68.8 Å². The average molecular weight is 524 g/mol. The van der Waals surface area contributed by atoms with Gasteiger partial charge in [-0.2, -0.15) is 0 Å². The Bertz CT molecular complexity index is 1230. The van der Waals surface area contributed by atoms with E-state index in [2.05, 4.69) is 0 Å². The summed E-state index contributed by atoms with van der Waals surface area (Å²) in [6, 6.07) is 10.9. The molecule has 4 rings (SSSR count). The van der Waals surface area contributed by atoms with Crippen LogP contribution in [-0.4, -0.2) is 52.7 Å². The molecule has 9 heteroatoms. The van der Waals surface area contributed by atoms with Crippen molar-refractivity contribution in [3.63, 3.8) is 0 Å². The first kappa shape index (κ1) is 27.4. The maximum atomic E-state index is 12.1. The summed E-state index contributed by atoms with van der Waals surface area (Å²) >= 11 is 0. The molecule has 0 N–H and O–H groups in total. The lowest BCUT2D eigenvalue weighted by atomic mass is 9.91. The van der Waals surface area contributed by atoms with Crippen molar-refractivity contribution in [2.24, 2.45) is 0 Å². The second-order valence-corrected chi connectivity index (χ2v) is 9.06. The SMILES string of the molecule is COc1c2cc(C)cc1-c1cc([N+](=O)[O-])cc(c1OC)-c1cc(C)cc(c1OC)COCCOCCOC2. The predicted molar refractivity (Wildman–Crippen MR) is 143 cm³/mol. The maximum Gasteiger partial charge on any atom is 0.270 e. The van der Waals surface area contributed by atoms with Crippen LogP contribution in [0.3, 0.4) is 0 Å². The summed E-state index contributed by atoms with van der Waals surface area (Å²) in [4.78, 5) is 11.7. The highest BCUT2D eigenvalue weighted by Crippen LogP contribution is 2.48. The number of rotatable bonds is 4. The Hall–Kier alpha value is -3.66. The number of non-ortho nitro benzene ring substituents is 1. The van der Waals surface area contributed by atoms with E-state index in [-0.39, 0.29) is 18.9 Å². The third-order valence-corrected chi connectivity index (χ3v) is 6.36. The number of nitro benzene ring substituents is 1. The summed E-state index contributed by atoms with van der Waals surface area (Å²) in [5.74, 6) is 1.59. The summed E-state index contributed by atoms with van der Waals surface area (Å²) in [6.45, 7) is 6.13. The molecule has 0 aromatic heterocycles. The van der Waals surface area contributed by atoms with Gasteiger partial charge in [0.25, 0.3) is 5.69 Å². The largest absolute Gasteiger partial charge is 0.496 e. The minimum absolute atomic E-state index is 0.0786. The lowest BCUT2D eigenvalue weighted by Crippen LogP contribution is -2.10.